The van der Waals surface area contributed by atoms with Gasteiger partial charge in [-0.25, -0.2) is 0 Å². The van der Waals surface area contributed by atoms with Gasteiger partial charge in [-0.2, -0.15) is 5.10 Å². The van der Waals surface area contributed by atoms with E-state index in [2.05, 4.69) is 73.8 Å². The van der Waals surface area contributed by atoms with Crippen molar-refractivity contribution in [2.45, 2.75) is 19.3 Å². The molecule has 4 rings (SSSR count). The molecule has 23 heavy (non-hydrogen) atoms. The first-order valence-electron chi connectivity index (χ1n) is 8.20. The normalized spacial score (nSPS) is 15.6. The molecule has 0 aliphatic heterocycles. The van der Waals surface area contributed by atoms with Crippen molar-refractivity contribution in [2.24, 2.45) is 7.05 Å². The maximum Gasteiger partial charge on any atom is 0.0921 e. The molecule has 0 bridgehead atoms. The molecule has 1 aliphatic carbocycles. The van der Waals surface area contributed by atoms with E-state index in [0.29, 0.717) is 0 Å². The molecule has 2 aromatic carbocycles. The molecule has 0 radical (unpaired) electrons. The zero-order chi connectivity index (χ0) is 15.6. The van der Waals surface area contributed by atoms with Crippen LogP contribution < -0.4 is 0 Å². The largest absolute Gasteiger partial charge is 0.267 e. The SMILES string of the molecule is Cn1nc2c(c1-c1ccccc1)CCC/C2=C\c1ccccc1. The van der Waals surface area contributed by atoms with Crippen molar-refractivity contribution in [3.63, 3.8) is 0 Å². The summed E-state index contributed by atoms with van der Waals surface area (Å²) < 4.78 is 2.05. The fourth-order valence-electron chi connectivity index (χ4n) is 3.48. The highest BCUT2D eigenvalue weighted by Gasteiger charge is 2.23. The van der Waals surface area contributed by atoms with Crippen LogP contribution in [0.2, 0.25) is 0 Å². The molecule has 2 nitrogen and oxygen atoms in total. The maximum absolute atomic E-state index is 4.85. The predicted molar refractivity (Wildman–Crippen MR) is 95.9 cm³/mol. The molecule has 1 aromatic heterocycles. The molecule has 0 spiro atoms. The van der Waals surface area contributed by atoms with Gasteiger partial charge >= 0.3 is 0 Å². The lowest BCUT2D eigenvalue weighted by atomic mass is 9.89. The van der Waals surface area contributed by atoms with Crippen molar-refractivity contribution in [1.29, 1.82) is 0 Å². The Bertz CT molecular complexity index is 842. The number of aryl methyl sites for hydroxylation is 1. The topological polar surface area (TPSA) is 17.8 Å². The summed E-state index contributed by atoms with van der Waals surface area (Å²) >= 11 is 0. The third-order valence-corrected chi connectivity index (χ3v) is 4.51. The molecule has 0 amide bonds. The quantitative estimate of drug-likeness (QED) is 0.654. The Balaban J connectivity index is 1.83. The minimum atomic E-state index is 1.10. The van der Waals surface area contributed by atoms with E-state index >= 15 is 0 Å². The molecule has 0 fully saturated rings. The zero-order valence-corrected chi connectivity index (χ0v) is 13.4. The fourth-order valence-corrected chi connectivity index (χ4v) is 3.48. The van der Waals surface area contributed by atoms with E-state index < -0.39 is 0 Å². The second kappa shape index (κ2) is 5.88. The van der Waals surface area contributed by atoms with Crippen LogP contribution in [0.15, 0.2) is 60.7 Å². The third kappa shape index (κ3) is 2.61. The van der Waals surface area contributed by atoms with Crippen LogP contribution in [0.4, 0.5) is 0 Å². The van der Waals surface area contributed by atoms with Gasteiger partial charge in [-0.05, 0) is 36.5 Å². The van der Waals surface area contributed by atoms with Gasteiger partial charge in [0, 0.05) is 18.2 Å². The molecule has 114 valence electrons. The van der Waals surface area contributed by atoms with E-state index in [0.717, 1.165) is 12.8 Å². The summed E-state index contributed by atoms with van der Waals surface area (Å²) in [7, 11) is 2.06. The second-order valence-electron chi connectivity index (χ2n) is 6.10. The number of allylic oxidation sites excluding steroid dienone is 1. The molecule has 0 saturated carbocycles. The molecular weight excluding hydrogens is 280 g/mol. The number of hydrogen-bond acceptors (Lipinski definition) is 1. The molecule has 0 atom stereocenters. The Labute approximate surface area is 137 Å². The highest BCUT2D eigenvalue weighted by molar-refractivity contribution is 5.84. The van der Waals surface area contributed by atoms with Crippen LogP contribution in [0.1, 0.15) is 29.7 Å². The second-order valence-corrected chi connectivity index (χ2v) is 6.10. The van der Waals surface area contributed by atoms with Gasteiger partial charge < -0.3 is 0 Å². The van der Waals surface area contributed by atoms with E-state index in [1.54, 1.807) is 0 Å². The first-order valence-corrected chi connectivity index (χ1v) is 8.20. The van der Waals surface area contributed by atoms with E-state index in [-0.39, 0.29) is 0 Å². The lowest BCUT2D eigenvalue weighted by Crippen LogP contribution is -2.01. The molecule has 0 unspecified atom stereocenters. The minimum Gasteiger partial charge on any atom is -0.267 e. The van der Waals surface area contributed by atoms with E-state index in [1.807, 2.05) is 4.68 Å². The number of rotatable bonds is 2. The van der Waals surface area contributed by atoms with E-state index in [1.165, 1.54) is 40.1 Å². The average Bonchev–Trinajstić information content (AvgIpc) is 2.94. The highest BCUT2D eigenvalue weighted by atomic mass is 15.3. The summed E-state index contributed by atoms with van der Waals surface area (Å²) in [6, 6.07) is 21.1. The van der Waals surface area contributed by atoms with E-state index in [4.69, 9.17) is 5.10 Å². The number of aromatic nitrogens is 2. The summed E-state index contributed by atoms with van der Waals surface area (Å²) in [5.41, 5.74) is 7.70. The van der Waals surface area contributed by atoms with Gasteiger partial charge in [-0.3, -0.25) is 4.68 Å². The number of benzene rings is 2. The standard InChI is InChI=1S/C21H20N2/c1-23-21(17-11-6-3-7-12-17)19-14-8-13-18(20(19)22-23)15-16-9-4-2-5-10-16/h2-7,9-12,15H,8,13-14H2,1H3/b18-15+. The smallest absolute Gasteiger partial charge is 0.0921 e. The first-order chi connectivity index (χ1) is 11.3. The monoisotopic (exact) mass is 300 g/mol. The Morgan fingerprint density at radius 3 is 2.35 bits per heavy atom. The first kappa shape index (κ1) is 14.0. The Morgan fingerprint density at radius 1 is 0.913 bits per heavy atom. The van der Waals surface area contributed by atoms with Crippen molar-refractivity contribution in [3.8, 4) is 11.3 Å². The van der Waals surface area contributed by atoms with Crippen LogP contribution >= 0.6 is 0 Å². The van der Waals surface area contributed by atoms with Crippen molar-refractivity contribution >= 4 is 11.6 Å². The molecule has 0 N–H and O–H groups in total. The Hall–Kier alpha value is -2.61. The molecule has 1 heterocycles. The zero-order valence-electron chi connectivity index (χ0n) is 13.4. The van der Waals surface area contributed by atoms with Crippen LogP contribution in [0.5, 0.6) is 0 Å². The molecule has 1 aliphatic rings. The number of nitrogens with zero attached hydrogens (tertiary/aromatic N) is 2. The van der Waals surface area contributed by atoms with Crippen molar-refractivity contribution in [1.82, 2.24) is 9.78 Å². The van der Waals surface area contributed by atoms with Gasteiger partial charge in [0.1, 0.15) is 0 Å². The molecule has 0 saturated heterocycles. The lowest BCUT2D eigenvalue weighted by Gasteiger charge is -2.15. The Morgan fingerprint density at radius 2 is 1.61 bits per heavy atom. The number of fused-ring (bicyclic) bond motifs is 1. The lowest BCUT2D eigenvalue weighted by molar-refractivity contribution is 0.768. The van der Waals surface area contributed by atoms with Gasteiger partial charge in [-0.15, -0.1) is 0 Å². The van der Waals surface area contributed by atoms with Gasteiger partial charge in [0.25, 0.3) is 0 Å². The summed E-state index contributed by atoms with van der Waals surface area (Å²) in [5, 5.41) is 4.85. The van der Waals surface area contributed by atoms with Crippen molar-refractivity contribution in [2.75, 3.05) is 0 Å². The summed E-state index contributed by atoms with van der Waals surface area (Å²) in [4.78, 5) is 0. The minimum absolute atomic E-state index is 1.10. The third-order valence-electron chi connectivity index (χ3n) is 4.51. The predicted octanol–water partition coefficient (Wildman–Crippen LogP) is 4.96. The van der Waals surface area contributed by atoms with Crippen molar-refractivity contribution in [3.05, 3.63) is 77.5 Å². The van der Waals surface area contributed by atoms with Gasteiger partial charge in [0.15, 0.2) is 0 Å². The Kier molecular flexibility index (Phi) is 3.58. The van der Waals surface area contributed by atoms with Crippen LogP contribution in [-0.2, 0) is 13.5 Å². The summed E-state index contributed by atoms with van der Waals surface area (Å²) in [6.07, 6.45) is 5.70. The van der Waals surface area contributed by atoms with Crippen LogP contribution in [-0.4, -0.2) is 9.78 Å². The number of hydrogen-bond donors (Lipinski definition) is 0. The van der Waals surface area contributed by atoms with Gasteiger partial charge in [0.2, 0.25) is 0 Å². The fraction of sp³-hybridized carbons (Fsp3) is 0.190. The average molecular weight is 300 g/mol. The molecular formula is C21H20N2. The van der Waals surface area contributed by atoms with Crippen molar-refractivity contribution < 1.29 is 0 Å². The maximum atomic E-state index is 4.85. The molecule has 3 aromatic rings. The van der Waals surface area contributed by atoms with E-state index in [9.17, 15) is 0 Å². The van der Waals surface area contributed by atoms with Crippen LogP contribution in [0.3, 0.4) is 0 Å². The van der Waals surface area contributed by atoms with Gasteiger partial charge in [0.05, 0.1) is 11.4 Å². The highest BCUT2D eigenvalue weighted by Crippen LogP contribution is 2.37. The van der Waals surface area contributed by atoms with Gasteiger partial charge in [-0.1, -0.05) is 60.7 Å². The van der Waals surface area contributed by atoms with Crippen LogP contribution in [0, 0.1) is 0 Å². The van der Waals surface area contributed by atoms with Crippen LogP contribution in [0.25, 0.3) is 22.9 Å². The molecule has 2 heteroatoms. The summed E-state index contributed by atoms with van der Waals surface area (Å²) in [5.74, 6) is 0. The summed E-state index contributed by atoms with van der Waals surface area (Å²) in [6.45, 7) is 0.